The molecule has 2 aromatic rings. The van der Waals surface area contributed by atoms with Crippen molar-refractivity contribution in [1.82, 2.24) is 4.72 Å². The number of carbonyl (C=O) groups excluding carboxylic acids is 1. The molecule has 28 heavy (non-hydrogen) atoms. The van der Waals surface area contributed by atoms with Crippen molar-refractivity contribution in [3.63, 3.8) is 0 Å². The summed E-state index contributed by atoms with van der Waals surface area (Å²) in [6, 6.07) is 13.3. The lowest BCUT2D eigenvalue weighted by Gasteiger charge is -2.09. The molecule has 1 aliphatic rings. The van der Waals surface area contributed by atoms with Crippen LogP contribution in [0.2, 0.25) is 0 Å². The Hall–Kier alpha value is -3.13. The van der Waals surface area contributed by atoms with Gasteiger partial charge in [-0.3, -0.25) is 14.5 Å². The number of hydrogen-bond acceptors (Lipinski definition) is 5. The van der Waals surface area contributed by atoms with Gasteiger partial charge >= 0.3 is 0 Å². The normalized spacial score (nSPS) is 14.0. The quantitative estimate of drug-likeness (QED) is 0.730. The third-order valence-corrected chi connectivity index (χ3v) is 5.46. The molecule has 0 bridgehead atoms. The van der Waals surface area contributed by atoms with E-state index in [0.29, 0.717) is 24.5 Å². The van der Waals surface area contributed by atoms with Crippen molar-refractivity contribution in [3.8, 4) is 5.75 Å². The summed E-state index contributed by atoms with van der Waals surface area (Å²) in [6.45, 7) is 0.633. The number of nitrogens with one attached hydrogen (secondary N) is 2. The molecule has 0 spiro atoms. The lowest BCUT2D eigenvalue weighted by molar-refractivity contribution is -0.111. The molecule has 2 aromatic carbocycles. The number of nitrogens with zero attached hydrogens (tertiary/aromatic N) is 1. The van der Waals surface area contributed by atoms with E-state index in [0.717, 1.165) is 17.7 Å². The second-order valence-corrected chi connectivity index (χ2v) is 7.84. The maximum absolute atomic E-state index is 12.5. The van der Waals surface area contributed by atoms with E-state index >= 15 is 0 Å². The Labute approximate surface area is 164 Å². The van der Waals surface area contributed by atoms with Crippen LogP contribution < -0.4 is 14.8 Å². The number of methoxy groups -OCH3 is 1. The third-order valence-electron chi connectivity index (χ3n) is 4.08. The van der Waals surface area contributed by atoms with E-state index in [1.807, 2.05) is 12.1 Å². The highest BCUT2D eigenvalue weighted by Gasteiger charge is 2.18. The van der Waals surface area contributed by atoms with E-state index < -0.39 is 10.0 Å². The molecule has 0 saturated heterocycles. The first kappa shape index (κ1) is 19.6. The van der Waals surface area contributed by atoms with Gasteiger partial charge in [0.1, 0.15) is 11.6 Å². The monoisotopic (exact) mass is 399 g/mol. The molecular formula is C20H21N3O4S. The number of aliphatic imine (C=N–C) groups is 1. The summed E-state index contributed by atoms with van der Waals surface area (Å²) in [4.78, 5) is 16.3. The van der Waals surface area contributed by atoms with Crippen molar-refractivity contribution in [2.24, 2.45) is 4.99 Å². The van der Waals surface area contributed by atoms with Crippen molar-refractivity contribution >= 4 is 33.5 Å². The van der Waals surface area contributed by atoms with Gasteiger partial charge in [-0.1, -0.05) is 18.2 Å². The molecule has 0 fully saturated rings. The van der Waals surface area contributed by atoms with E-state index in [2.05, 4.69) is 15.0 Å². The predicted molar refractivity (Wildman–Crippen MR) is 109 cm³/mol. The lowest BCUT2D eigenvalue weighted by atomic mass is 10.2. The number of amidine groups is 1. The van der Waals surface area contributed by atoms with Gasteiger partial charge in [0.2, 0.25) is 5.91 Å². The average molecular weight is 399 g/mol. The van der Waals surface area contributed by atoms with Crippen LogP contribution in [-0.2, 0) is 14.8 Å². The first-order valence-electron chi connectivity index (χ1n) is 8.75. The molecule has 2 N–H and O–H groups in total. The molecule has 0 radical (unpaired) electrons. The van der Waals surface area contributed by atoms with Crippen LogP contribution in [0.1, 0.15) is 18.4 Å². The first-order valence-corrected chi connectivity index (χ1v) is 10.2. The van der Waals surface area contributed by atoms with Crippen LogP contribution in [0.25, 0.3) is 6.08 Å². The zero-order chi connectivity index (χ0) is 20.0. The Balaban J connectivity index is 1.66. The van der Waals surface area contributed by atoms with Crippen LogP contribution in [0.5, 0.6) is 5.75 Å². The highest BCUT2D eigenvalue weighted by molar-refractivity contribution is 7.90. The fourth-order valence-electron chi connectivity index (χ4n) is 2.65. The minimum Gasteiger partial charge on any atom is -0.497 e. The molecule has 3 rings (SSSR count). The average Bonchev–Trinajstić information content (AvgIpc) is 3.19. The highest BCUT2D eigenvalue weighted by atomic mass is 32.2. The number of carbonyl (C=O) groups is 1. The Morgan fingerprint density at radius 3 is 2.64 bits per heavy atom. The molecule has 7 nitrogen and oxygen atoms in total. The van der Waals surface area contributed by atoms with Gasteiger partial charge in [0.05, 0.1) is 12.0 Å². The van der Waals surface area contributed by atoms with Crippen LogP contribution in [0.15, 0.2) is 64.5 Å². The maximum Gasteiger partial charge on any atom is 0.262 e. The van der Waals surface area contributed by atoms with Crippen molar-refractivity contribution in [2.75, 3.05) is 19.0 Å². The van der Waals surface area contributed by atoms with E-state index in [9.17, 15) is 13.2 Å². The number of hydrogen-bond donors (Lipinski definition) is 2. The number of sulfonamides is 1. The zero-order valence-corrected chi connectivity index (χ0v) is 16.2. The van der Waals surface area contributed by atoms with E-state index in [-0.39, 0.29) is 10.8 Å². The molecule has 1 aliphatic heterocycles. The van der Waals surface area contributed by atoms with E-state index in [1.54, 1.807) is 37.5 Å². The first-order chi connectivity index (χ1) is 13.5. The van der Waals surface area contributed by atoms with Crippen molar-refractivity contribution < 1.29 is 17.9 Å². The second kappa shape index (κ2) is 8.71. The Morgan fingerprint density at radius 2 is 1.96 bits per heavy atom. The number of anilines is 1. The highest BCUT2D eigenvalue weighted by Crippen LogP contribution is 2.17. The standard InChI is InChI=1S/C20H21N3O4S/c1-27-17-10-7-15(8-11-17)9-12-20(24)22-16-4-2-5-18(14-16)28(25,26)23-19-6-3-13-21-19/h2,4-5,7-12,14H,3,6,13H2,1H3,(H,21,23)(H,22,24)/b12-9+. The molecule has 1 heterocycles. The minimum atomic E-state index is -3.73. The zero-order valence-electron chi connectivity index (χ0n) is 15.4. The van der Waals surface area contributed by atoms with Gasteiger partial charge in [-0.2, -0.15) is 0 Å². The van der Waals surface area contributed by atoms with E-state index in [4.69, 9.17) is 4.74 Å². The van der Waals surface area contributed by atoms with Crippen LogP contribution in [0, 0.1) is 0 Å². The van der Waals surface area contributed by atoms with Crippen LogP contribution in [0.3, 0.4) is 0 Å². The Bertz CT molecular complexity index is 1010. The maximum atomic E-state index is 12.5. The third kappa shape index (κ3) is 5.20. The van der Waals surface area contributed by atoms with Crippen LogP contribution >= 0.6 is 0 Å². The van der Waals surface area contributed by atoms with Crippen molar-refractivity contribution in [2.45, 2.75) is 17.7 Å². The van der Waals surface area contributed by atoms with Gasteiger partial charge in [0.15, 0.2) is 0 Å². The largest absolute Gasteiger partial charge is 0.497 e. The molecule has 0 atom stereocenters. The summed E-state index contributed by atoms with van der Waals surface area (Å²) in [5, 5.41) is 2.67. The summed E-state index contributed by atoms with van der Waals surface area (Å²) >= 11 is 0. The fourth-order valence-corrected chi connectivity index (χ4v) is 3.78. The molecule has 1 amide bonds. The van der Waals surface area contributed by atoms with Gasteiger partial charge < -0.3 is 10.1 Å². The number of amides is 1. The van der Waals surface area contributed by atoms with Crippen molar-refractivity contribution in [1.29, 1.82) is 0 Å². The SMILES string of the molecule is COc1ccc(/C=C/C(=O)Nc2cccc(S(=O)(=O)NC3=NCCC3)c2)cc1. The summed E-state index contributed by atoms with van der Waals surface area (Å²) in [7, 11) is -2.14. The Kier molecular flexibility index (Phi) is 6.10. The molecule has 0 saturated carbocycles. The minimum absolute atomic E-state index is 0.0685. The topological polar surface area (TPSA) is 96.9 Å². The smallest absolute Gasteiger partial charge is 0.262 e. The van der Waals surface area contributed by atoms with Crippen LogP contribution in [0.4, 0.5) is 5.69 Å². The molecule has 146 valence electrons. The van der Waals surface area contributed by atoms with Gasteiger partial charge in [0, 0.05) is 24.7 Å². The molecule has 0 aliphatic carbocycles. The summed E-state index contributed by atoms with van der Waals surface area (Å²) < 4.78 is 32.5. The molecule has 8 heteroatoms. The number of rotatable bonds is 6. The van der Waals surface area contributed by atoms with Gasteiger partial charge in [-0.25, -0.2) is 8.42 Å². The summed E-state index contributed by atoms with van der Waals surface area (Å²) in [5.74, 6) is 0.840. The molecule has 0 unspecified atom stereocenters. The van der Waals surface area contributed by atoms with Gasteiger partial charge in [0.25, 0.3) is 10.0 Å². The lowest BCUT2D eigenvalue weighted by Crippen LogP contribution is -2.29. The number of benzene rings is 2. The van der Waals surface area contributed by atoms with Crippen molar-refractivity contribution in [3.05, 3.63) is 60.2 Å². The second-order valence-electron chi connectivity index (χ2n) is 6.16. The number of ether oxygens (including phenoxy) is 1. The molecular weight excluding hydrogens is 378 g/mol. The summed E-state index contributed by atoms with van der Waals surface area (Å²) in [5.41, 5.74) is 1.23. The van der Waals surface area contributed by atoms with Gasteiger partial charge in [-0.15, -0.1) is 0 Å². The molecule has 0 aromatic heterocycles. The Morgan fingerprint density at radius 1 is 1.18 bits per heavy atom. The van der Waals surface area contributed by atoms with Gasteiger partial charge in [-0.05, 0) is 48.4 Å². The predicted octanol–water partition coefficient (Wildman–Crippen LogP) is 2.82. The van der Waals surface area contributed by atoms with E-state index in [1.165, 1.54) is 18.2 Å². The fraction of sp³-hybridized carbons (Fsp3) is 0.200. The summed E-state index contributed by atoms with van der Waals surface area (Å²) in [6.07, 6.45) is 4.50. The van der Waals surface area contributed by atoms with Crippen LogP contribution in [-0.4, -0.2) is 33.8 Å².